The second-order valence-electron chi connectivity index (χ2n) is 12.9. The highest BCUT2D eigenvalue weighted by molar-refractivity contribution is 8.14. The molecule has 4 rings (SSSR count). The van der Waals surface area contributed by atoms with Gasteiger partial charge in [0.1, 0.15) is 11.2 Å². The third-order valence-electron chi connectivity index (χ3n) is 6.85. The van der Waals surface area contributed by atoms with E-state index in [1.165, 1.54) is 11.8 Å². The normalized spacial score (nSPS) is 22.9. The van der Waals surface area contributed by atoms with Crippen LogP contribution in [-0.2, 0) is 24.3 Å². The van der Waals surface area contributed by atoms with E-state index in [0.717, 1.165) is 25.9 Å². The molecule has 2 spiro atoms. The van der Waals surface area contributed by atoms with Crippen LogP contribution >= 0.6 is 11.8 Å². The van der Waals surface area contributed by atoms with E-state index < -0.39 is 26.5 Å². The molecule has 2 aliphatic carbocycles. The molecule has 0 bridgehead atoms. The molecule has 2 aliphatic heterocycles. The fourth-order valence-electron chi connectivity index (χ4n) is 5.32. The van der Waals surface area contributed by atoms with Crippen molar-refractivity contribution >= 4 is 39.1 Å². The molecule has 10 nitrogen and oxygen atoms in total. The Morgan fingerprint density at radius 3 is 1.47 bits per heavy atom. The molecular weight excluding hydrogens is 506 g/mol. The van der Waals surface area contributed by atoms with Crippen molar-refractivity contribution in [1.29, 1.82) is 0 Å². The van der Waals surface area contributed by atoms with Crippen LogP contribution in [-0.4, -0.2) is 83.4 Å². The van der Waals surface area contributed by atoms with Gasteiger partial charge in [0.2, 0.25) is 10.0 Å². The molecule has 2 amide bonds. The first-order chi connectivity index (χ1) is 16.2. The van der Waals surface area contributed by atoms with Crippen molar-refractivity contribution in [3.8, 4) is 0 Å². The Balaban J connectivity index is 0.000000201. The highest BCUT2D eigenvalue weighted by Crippen LogP contribution is 2.53. The van der Waals surface area contributed by atoms with E-state index in [1.54, 1.807) is 16.7 Å². The van der Waals surface area contributed by atoms with Crippen molar-refractivity contribution in [3.05, 3.63) is 0 Å². The molecule has 2 heterocycles. The van der Waals surface area contributed by atoms with Crippen molar-refractivity contribution in [1.82, 2.24) is 9.80 Å². The van der Waals surface area contributed by atoms with Gasteiger partial charge in [-0.3, -0.25) is 4.79 Å². The van der Waals surface area contributed by atoms with E-state index in [0.29, 0.717) is 31.2 Å². The summed E-state index contributed by atoms with van der Waals surface area (Å²) in [6, 6.07) is 0. The van der Waals surface area contributed by atoms with Gasteiger partial charge in [-0.15, -0.1) is 0 Å². The number of rotatable bonds is 2. The lowest BCUT2D eigenvalue weighted by atomic mass is 9.63. The number of primary sulfonamides is 1. The Hall–Kier alpha value is -1.53. The molecule has 2 saturated carbocycles. The molecule has 0 aromatic carbocycles. The maximum absolute atomic E-state index is 11.8. The van der Waals surface area contributed by atoms with E-state index in [2.05, 4.69) is 0 Å². The molecule has 4 fully saturated rings. The standard InChI is InChI=1S/C13H21NO3S.C11H20N2O4S/c1-9(15)18-10-5-13(6-10)7-14(8-13)11(16)17-12(2,3)4;1-10(2,3)17-9(14)13-6-11(7-13)4-8(5-11)18(12,15)16/h10H,5-8H2,1-4H3;8H,4-7H2,1-3H3,(H2,12,15,16). The van der Waals surface area contributed by atoms with Crippen LogP contribution in [0.3, 0.4) is 0 Å². The van der Waals surface area contributed by atoms with Gasteiger partial charge in [0.25, 0.3) is 0 Å². The number of amides is 2. The molecule has 206 valence electrons. The first-order valence-corrected chi connectivity index (χ1v) is 14.8. The fraction of sp³-hybridized carbons (Fsp3) is 0.875. The maximum atomic E-state index is 11.8. The number of nitrogens with two attached hydrogens (primary N) is 1. The van der Waals surface area contributed by atoms with E-state index in [-0.39, 0.29) is 28.1 Å². The Morgan fingerprint density at radius 2 is 1.17 bits per heavy atom. The van der Waals surface area contributed by atoms with Crippen LogP contribution in [0.25, 0.3) is 0 Å². The summed E-state index contributed by atoms with van der Waals surface area (Å²) in [4.78, 5) is 37.8. The average molecular weight is 548 g/mol. The number of thioether (sulfide) groups is 1. The van der Waals surface area contributed by atoms with Gasteiger partial charge in [-0.1, -0.05) is 11.8 Å². The van der Waals surface area contributed by atoms with Gasteiger partial charge >= 0.3 is 12.2 Å². The molecule has 0 aromatic heterocycles. The predicted octanol–water partition coefficient (Wildman–Crippen LogP) is 3.34. The number of hydrogen-bond acceptors (Lipinski definition) is 8. The fourth-order valence-corrected chi connectivity index (χ4v) is 7.83. The topological polar surface area (TPSA) is 136 Å². The summed E-state index contributed by atoms with van der Waals surface area (Å²) in [6.07, 6.45) is 2.69. The third kappa shape index (κ3) is 7.28. The lowest BCUT2D eigenvalue weighted by molar-refractivity contribution is -0.109. The van der Waals surface area contributed by atoms with Gasteiger partial charge in [-0.05, 0) is 67.2 Å². The minimum atomic E-state index is -3.41. The maximum Gasteiger partial charge on any atom is 0.410 e. The Kier molecular flexibility index (Phi) is 7.78. The summed E-state index contributed by atoms with van der Waals surface area (Å²) in [5.41, 5.74) is -0.674. The first kappa shape index (κ1) is 29.0. The highest BCUT2D eigenvalue weighted by Gasteiger charge is 2.57. The van der Waals surface area contributed by atoms with Gasteiger partial charge in [0.15, 0.2) is 5.12 Å². The van der Waals surface area contributed by atoms with Crippen LogP contribution in [0, 0.1) is 10.8 Å². The summed E-state index contributed by atoms with van der Waals surface area (Å²) in [7, 11) is -3.41. The zero-order chi connectivity index (χ0) is 27.3. The minimum absolute atomic E-state index is 0.0337. The van der Waals surface area contributed by atoms with Crippen molar-refractivity contribution in [2.75, 3.05) is 26.2 Å². The highest BCUT2D eigenvalue weighted by atomic mass is 32.2. The lowest BCUT2D eigenvalue weighted by Gasteiger charge is -2.58. The van der Waals surface area contributed by atoms with Crippen LogP contribution in [0.1, 0.15) is 74.1 Å². The monoisotopic (exact) mass is 547 g/mol. The van der Waals surface area contributed by atoms with E-state index in [9.17, 15) is 22.8 Å². The zero-order valence-electron chi connectivity index (χ0n) is 22.5. The molecule has 2 saturated heterocycles. The number of hydrogen-bond donors (Lipinski definition) is 1. The van der Waals surface area contributed by atoms with E-state index >= 15 is 0 Å². The Labute approximate surface area is 219 Å². The molecule has 0 radical (unpaired) electrons. The molecule has 36 heavy (non-hydrogen) atoms. The summed E-state index contributed by atoms with van der Waals surface area (Å²) < 4.78 is 32.8. The second-order valence-corrected chi connectivity index (χ2v) is 16.3. The van der Waals surface area contributed by atoms with Crippen molar-refractivity contribution in [3.63, 3.8) is 0 Å². The molecular formula is C24H41N3O7S2. The SMILES string of the molecule is CC(=O)SC1CC2(C1)CN(C(=O)OC(C)(C)C)C2.CC(C)(C)OC(=O)N1CC2(CC(S(N)(=O)=O)C2)C1. The van der Waals surface area contributed by atoms with Crippen LogP contribution in [0.4, 0.5) is 9.59 Å². The number of nitrogens with zero attached hydrogens (tertiary/aromatic N) is 2. The molecule has 0 atom stereocenters. The van der Waals surface area contributed by atoms with Gasteiger partial charge < -0.3 is 19.3 Å². The molecule has 4 aliphatic rings. The second kappa shape index (κ2) is 9.65. The van der Waals surface area contributed by atoms with E-state index in [1.807, 2.05) is 41.5 Å². The Bertz CT molecular complexity index is 972. The van der Waals surface area contributed by atoms with Crippen molar-refractivity contribution in [2.45, 2.75) is 95.9 Å². The summed E-state index contributed by atoms with van der Waals surface area (Å²) in [5, 5.41) is 5.31. The van der Waals surface area contributed by atoms with Gasteiger partial charge in [-0.25, -0.2) is 23.1 Å². The number of sulfonamides is 1. The van der Waals surface area contributed by atoms with Crippen LogP contribution in [0.2, 0.25) is 0 Å². The smallest absolute Gasteiger partial charge is 0.410 e. The van der Waals surface area contributed by atoms with Crippen LogP contribution < -0.4 is 5.14 Å². The minimum Gasteiger partial charge on any atom is -0.444 e. The largest absolute Gasteiger partial charge is 0.444 e. The van der Waals surface area contributed by atoms with Crippen LogP contribution in [0.15, 0.2) is 0 Å². The summed E-state index contributed by atoms with van der Waals surface area (Å²) in [5.74, 6) is 0. The zero-order valence-corrected chi connectivity index (χ0v) is 24.1. The van der Waals surface area contributed by atoms with Crippen molar-refractivity contribution in [2.24, 2.45) is 16.0 Å². The van der Waals surface area contributed by atoms with Crippen molar-refractivity contribution < 1.29 is 32.3 Å². The summed E-state index contributed by atoms with van der Waals surface area (Å²) in [6.45, 7) is 15.4. The Morgan fingerprint density at radius 1 is 0.806 bits per heavy atom. The first-order valence-electron chi connectivity index (χ1n) is 12.3. The van der Waals surface area contributed by atoms with Gasteiger partial charge in [-0.2, -0.15) is 0 Å². The number of ether oxygens (including phenoxy) is 2. The molecule has 0 aromatic rings. The predicted molar refractivity (Wildman–Crippen MR) is 138 cm³/mol. The lowest BCUT2D eigenvalue weighted by Crippen LogP contribution is -2.66. The van der Waals surface area contributed by atoms with Crippen LogP contribution in [0.5, 0.6) is 0 Å². The molecule has 12 heteroatoms. The number of likely N-dealkylation sites (tertiary alicyclic amines) is 2. The van der Waals surface area contributed by atoms with E-state index in [4.69, 9.17) is 14.6 Å². The average Bonchev–Trinajstić information content (AvgIpc) is 2.48. The third-order valence-corrected chi connectivity index (χ3v) is 9.11. The molecule has 0 unspecified atom stereocenters. The number of carbonyl (C=O) groups is 3. The summed E-state index contributed by atoms with van der Waals surface area (Å²) >= 11 is 1.44. The quantitative estimate of drug-likeness (QED) is 0.556. The van der Waals surface area contributed by atoms with Gasteiger partial charge in [0, 0.05) is 49.2 Å². The van der Waals surface area contributed by atoms with Gasteiger partial charge in [0.05, 0.1) is 5.25 Å². The number of carbonyl (C=O) groups excluding carboxylic acids is 3. The molecule has 2 N–H and O–H groups in total.